The largest absolute Gasteiger partial charge is 0.508 e. The third-order valence-electron chi connectivity index (χ3n) is 23.7. The van der Waals surface area contributed by atoms with E-state index in [2.05, 4.69) is 52.8 Å². The second kappa shape index (κ2) is 47.6. The summed E-state index contributed by atoms with van der Waals surface area (Å²) in [5.41, 5.74) is 9.24. The lowest BCUT2D eigenvalue weighted by Crippen LogP contribution is -2.61. The minimum Gasteiger partial charge on any atom is -0.508 e. The lowest BCUT2D eigenvalue weighted by Gasteiger charge is -2.38. The van der Waals surface area contributed by atoms with Gasteiger partial charge in [-0.3, -0.25) is 76.7 Å². The van der Waals surface area contributed by atoms with Crippen LogP contribution in [0.4, 0.5) is 0 Å². The molecule has 15 N–H and O–H groups in total. The number of primary amides is 1. The number of likely N-dealkylation sites (N-methyl/N-ethyl adjacent to an activating group) is 3. The van der Waals surface area contributed by atoms with E-state index < -0.39 is 192 Å². The first-order chi connectivity index (χ1) is 62.6. The topological polar surface area (TPSA) is 500 Å². The third-order valence-corrected chi connectivity index (χ3v) is 24.7. The highest BCUT2D eigenvalue weighted by Crippen LogP contribution is 2.28. The predicted octanol–water partition coefficient (Wildman–Crippen LogP) is 2.76. The van der Waals surface area contributed by atoms with Crippen LogP contribution in [-0.2, 0) is 115 Å². The molecule has 36 heteroatoms. The van der Waals surface area contributed by atoms with Crippen LogP contribution in [0.25, 0.3) is 10.9 Å². The lowest BCUT2D eigenvalue weighted by molar-refractivity contribution is -0.152. The Hall–Kier alpha value is -13.7. The number of amides is 15. The Bertz CT molecular complexity index is 5200. The van der Waals surface area contributed by atoms with E-state index in [0.717, 1.165) is 16.7 Å². The molecule has 4 heterocycles. The number of para-hydroxylation sites is 1. The van der Waals surface area contributed by atoms with E-state index in [1.54, 1.807) is 135 Å². The van der Waals surface area contributed by atoms with Crippen LogP contribution in [0.5, 0.6) is 11.5 Å². The molecule has 0 spiro atoms. The Labute approximate surface area is 764 Å². The van der Waals surface area contributed by atoms with Crippen molar-refractivity contribution in [2.75, 3.05) is 52.3 Å². The maximum atomic E-state index is 15.7. The van der Waals surface area contributed by atoms with Gasteiger partial charge in [0.25, 0.3) is 0 Å². The van der Waals surface area contributed by atoms with Crippen molar-refractivity contribution in [2.24, 2.45) is 11.7 Å². The number of hydrogen-bond donors (Lipinski definition) is 14. The smallest absolute Gasteiger partial charge is 0.305 e. The normalized spacial score (nSPS) is 23.7. The summed E-state index contributed by atoms with van der Waals surface area (Å²) >= 11 is 0.839. The second-order valence-corrected chi connectivity index (χ2v) is 35.0. The van der Waals surface area contributed by atoms with Crippen LogP contribution in [0, 0.1) is 5.92 Å². The average molecular weight is 1820 g/mol. The maximum Gasteiger partial charge on any atom is 0.305 e. The van der Waals surface area contributed by atoms with Crippen molar-refractivity contribution in [1.29, 1.82) is 0 Å². The van der Waals surface area contributed by atoms with Crippen LogP contribution in [0.1, 0.15) is 119 Å². The number of carbonyl (C=O) groups excluding carboxylic acids is 15. The number of nitrogens with two attached hydrogens (primary N) is 1. The van der Waals surface area contributed by atoms with Gasteiger partial charge in [0, 0.05) is 95.6 Å². The van der Waals surface area contributed by atoms with Gasteiger partial charge in [-0.1, -0.05) is 167 Å². The van der Waals surface area contributed by atoms with E-state index in [1.165, 1.54) is 96.2 Å². The number of thioether (sulfide) groups is 1. The van der Waals surface area contributed by atoms with Crippen LogP contribution < -0.4 is 53.6 Å². The van der Waals surface area contributed by atoms with E-state index in [4.69, 9.17) is 5.73 Å². The number of carboxylic acid groups (broad SMARTS) is 1. The minimum absolute atomic E-state index is 0.0178. The number of fused-ring (bicyclic) bond motifs is 3. The SMILES string of the molecule is CCCC[C@H]1C(=O)N2CCC[C@@H]2C(=O)N[C@@H](CC(=O)O)C(=O)N[C@@H](C)C(=O)N(C)[C@H](Cc2ccccc2)C(=O)N[C@@H](Cc2ccc(O)cc2)C(=O)N2CCC[C@@H]2C(=O)N[C@@H](Cc2c[nH]c3ccccc23)C(=O)N[C@@H](Cc2ccc(O)cc2)C(=O)N[C@H](CC(C)C)C(=O)N[C@H](C(=O)NCC(N)=O)CSCC(=O)N[C@H](Cc2ccccc2)C(=O)N(C)[C@@H](Cc2ccccc2)C(=O)N1C. The molecule has 698 valence electrons. The Kier molecular flexibility index (Phi) is 36.1. The number of H-pyrrole nitrogens is 1. The van der Waals surface area contributed by atoms with E-state index >= 15 is 47.9 Å². The molecule has 35 nitrogen and oxygen atoms in total. The molecule has 10 rings (SSSR count). The molecule has 3 aliphatic rings. The summed E-state index contributed by atoms with van der Waals surface area (Å²) in [6, 6.07) is 25.1. The molecule has 1 aromatic heterocycles. The van der Waals surface area contributed by atoms with Gasteiger partial charge < -0.3 is 98.4 Å². The first kappa shape index (κ1) is 99.5. The van der Waals surface area contributed by atoms with Gasteiger partial charge in [-0.2, -0.15) is 0 Å². The second-order valence-electron chi connectivity index (χ2n) is 33.9. The molecule has 0 saturated carbocycles. The first-order valence-corrected chi connectivity index (χ1v) is 45.2. The Morgan fingerprint density at radius 1 is 0.473 bits per heavy atom. The standard InChI is InChI=1S/C95H118N16O19S/c1-8-9-31-77-95(130)111-43-22-33-76(111)89(124)104-71(51-82(116)117)84(119)99-57(4)91(126)108(6)78(48-59-25-15-11-16-26-59)90(125)105-73(47-62-36-40-65(113)41-37-62)93(128)110-42-21-32-75(110)88(123)103-70(50-63-52-97-67-30-20-19-29-66(63)67)87(122)102-69(45-61-34-38-64(112)39-35-61)86(121)101-68(44-56(2)3)85(120)106-74(83(118)98-53-80(96)114)54-131-55-81(115)100-72(46-58-23-13-10-14-24-58)92(127)109(7)79(94(129)107(77)5)49-60-27-17-12-18-28-60/h10-20,23-30,34-41,52,56-57,68-79,97,112-113H,8-9,21-22,31-33,42-51,53-55H2,1-7H3,(H2,96,114)(H,98,118)(H,99,119)(H,100,115)(H,101,121)(H,102,122)(H,103,123)(H,104,124)(H,105,125)(H,106,120)(H,116,117)/t57-,68+,69-,70-,71-,72+,73-,74-,75+,76+,77-,78+,79-/m0/s1. The zero-order valence-corrected chi connectivity index (χ0v) is 75.3. The zero-order chi connectivity index (χ0) is 94.7. The van der Waals surface area contributed by atoms with Crippen molar-refractivity contribution >= 4 is 117 Å². The summed E-state index contributed by atoms with van der Waals surface area (Å²) in [6.45, 7) is 5.91. The van der Waals surface area contributed by atoms with Crippen LogP contribution in [0.2, 0.25) is 0 Å². The molecular weight excluding hydrogens is 1700 g/mol. The number of aromatic hydroxyl groups is 2. The van der Waals surface area contributed by atoms with E-state index in [0.29, 0.717) is 57.1 Å². The summed E-state index contributed by atoms with van der Waals surface area (Å²) in [5.74, 6) is -16.0. The van der Waals surface area contributed by atoms with Crippen molar-refractivity contribution < 1.29 is 92.0 Å². The van der Waals surface area contributed by atoms with Crippen LogP contribution in [-0.4, -0.2) is 270 Å². The quantitative estimate of drug-likeness (QED) is 0.0464. The van der Waals surface area contributed by atoms with E-state index in [-0.39, 0.29) is 113 Å². The van der Waals surface area contributed by atoms with Crippen molar-refractivity contribution in [3.8, 4) is 11.5 Å². The molecule has 7 aromatic rings. The molecule has 0 bridgehead atoms. The highest BCUT2D eigenvalue weighted by atomic mass is 32.2. The number of phenolic OH excluding ortho intramolecular Hbond substituents is 2. The van der Waals surface area contributed by atoms with Crippen LogP contribution >= 0.6 is 11.8 Å². The number of rotatable bonds is 22. The predicted molar refractivity (Wildman–Crippen MR) is 487 cm³/mol. The van der Waals surface area contributed by atoms with E-state index in [9.17, 15) is 44.1 Å². The van der Waals surface area contributed by atoms with Gasteiger partial charge in [0.15, 0.2) is 0 Å². The van der Waals surface area contributed by atoms with Gasteiger partial charge in [0.2, 0.25) is 88.6 Å². The highest BCUT2D eigenvalue weighted by Gasteiger charge is 2.46. The molecule has 15 amide bonds. The number of carboxylic acids is 1. The van der Waals surface area contributed by atoms with Gasteiger partial charge in [0.05, 0.1) is 18.7 Å². The third kappa shape index (κ3) is 27.9. The molecule has 13 atom stereocenters. The van der Waals surface area contributed by atoms with Gasteiger partial charge in [0.1, 0.15) is 90.0 Å². The molecule has 131 heavy (non-hydrogen) atoms. The monoisotopic (exact) mass is 1820 g/mol. The molecule has 0 radical (unpaired) electrons. The average Bonchev–Trinajstić information content (AvgIpc) is 1.73. The summed E-state index contributed by atoms with van der Waals surface area (Å²) in [5, 5.41) is 56.2. The van der Waals surface area contributed by atoms with Crippen molar-refractivity contribution in [2.45, 2.75) is 203 Å². The zero-order valence-electron chi connectivity index (χ0n) is 74.5. The molecule has 3 aliphatic heterocycles. The molecule has 3 fully saturated rings. The summed E-state index contributed by atoms with van der Waals surface area (Å²) in [6.07, 6.45) is 0.856. The number of aromatic amines is 1. The Morgan fingerprint density at radius 2 is 0.924 bits per heavy atom. The summed E-state index contributed by atoms with van der Waals surface area (Å²) < 4.78 is 0. The van der Waals surface area contributed by atoms with Gasteiger partial charge in [-0.15, -0.1) is 11.8 Å². The molecule has 3 saturated heterocycles. The number of aromatic nitrogens is 1. The number of benzene rings is 6. The summed E-state index contributed by atoms with van der Waals surface area (Å²) in [4.78, 5) is 247. The fourth-order valence-electron chi connectivity index (χ4n) is 16.6. The molecule has 0 unspecified atom stereocenters. The van der Waals surface area contributed by atoms with Crippen molar-refractivity contribution in [3.63, 3.8) is 0 Å². The van der Waals surface area contributed by atoms with Crippen LogP contribution in [0.15, 0.2) is 170 Å². The van der Waals surface area contributed by atoms with Gasteiger partial charge in [-0.25, -0.2) is 0 Å². The minimum atomic E-state index is -1.88. The number of hydrogen-bond acceptors (Lipinski definition) is 19. The number of aliphatic carboxylic acids is 1. The molecule has 6 aromatic carbocycles. The highest BCUT2D eigenvalue weighted by molar-refractivity contribution is 8.00. The van der Waals surface area contributed by atoms with Gasteiger partial charge >= 0.3 is 5.97 Å². The molecule has 0 aliphatic carbocycles. The lowest BCUT2D eigenvalue weighted by atomic mass is 9.99. The summed E-state index contributed by atoms with van der Waals surface area (Å²) in [7, 11) is 4.08. The number of nitrogens with one attached hydrogen (secondary N) is 10. The van der Waals surface area contributed by atoms with Crippen molar-refractivity contribution in [3.05, 3.63) is 203 Å². The number of unbranched alkanes of at least 4 members (excludes halogenated alkanes) is 1. The van der Waals surface area contributed by atoms with Crippen LogP contribution in [0.3, 0.4) is 0 Å². The molecular formula is C95H118N16O19S. The number of carbonyl (C=O) groups is 16. The Morgan fingerprint density at radius 3 is 1.47 bits per heavy atom. The first-order valence-electron chi connectivity index (χ1n) is 44.1. The van der Waals surface area contributed by atoms with Crippen molar-refractivity contribution in [1.82, 2.24) is 77.3 Å². The fraction of sp³-hybridized carbons (Fsp3) is 0.432. The number of nitrogens with zero attached hydrogens (tertiary/aromatic N) is 5. The van der Waals surface area contributed by atoms with E-state index in [1.807, 2.05) is 6.92 Å². The maximum absolute atomic E-state index is 15.7. The number of phenols is 2. The Balaban J connectivity index is 1.04. The fourth-order valence-corrected chi connectivity index (χ4v) is 17.4. The van der Waals surface area contributed by atoms with Gasteiger partial charge in [-0.05, 0) is 115 Å².